The summed E-state index contributed by atoms with van der Waals surface area (Å²) in [7, 11) is -3.75. The van der Waals surface area contributed by atoms with Crippen LogP contribution >= 0.6 is 0 Å². The highest BCUT2D eigenvalue weighted by Gasteiger charge is 2.40. The Morgan fingerprint density at radius 1 is 1.00 bits per heavy atom. The van der Waals surface area contributed by atoms with Crippen molar-refractivity contribution in [3.05, 3.63) is 53.1 Å². The van der Waals surface area contributed by atoms with Crippen LogP contribution in [-0.4, -0.2) is 43.7 Å². The molecule has 5 rings (SSSR count). The van der Waals surface area contributed by atoms with Gasteiger partial charge in [0.05, 0.1) is 10.8 Å². The minimum atomic E-state index is -3.75. The van der Waals surface area contributed by atoms with Gasteiger partial charge in [0.2, 0.25) is 21.8 Å². The number of rotatable bonds is 5. The largest absolute Gasteiger partial charge is 0.326 e. The van der Waals surface area contributed by atoms with Crippen molar-refractivity contribution in [1.82, 2.24) is 4.31 Å². The van der Waals surface area contributed by atoms with Crippen LogP contribution in [0.3, 0.4) is 0 Å². The highest BCUT2D eigenvalue weighted by molar-refractivity contribution is 7.89. The number of benzene rings is 2. The van der Waals surface area contributed by atoms with Crippen LogP contribution in [0.4, 0.5) is 11.4 Å². The van der Waals surface area contributed by atoms with Crippen LogP contribution in [0.25, 0.3) is 0 Å². The number of nitrogens with one attached hydrogen (secondary N) is 1. The predicted octanol–water partition coefficient (Wildman–Crippen LogP) is 4.03. The third-order valence-corrected chi connectivity index (χ3v) is 9.32. The number of nitrogens with zero attached hydrogens (tertiary/aromatic N) is 2. The number of aryl methyl sites for hydroxylation is 2. The van der Waals surface area contributed by atoms with E-state index >= 15 is 0 Å². The van der Waals surface area contributed by atoms with Crippen LogP contribution in [0.2, 0.25) is 0 Å². The number of fused-ring (bicyclic) bond motifs is 1. The molecule has 3 aliphatic rings. The van der Waals surface area contributed by atoms with E-state index in [4.69, 9.17) is 0 Å². The molecule has 0 bridgehead atoms. The number of amides is 2. The van der Waals surface area contributed by atoms with Gasteiger partial charge in [0.25, 0.3) is 0 Å². The van der Waals surface area contributed by atoms with Gasteiger partial charge in [0.1, 0.15) is 0 Å². The summed E-state index contributed by atoms with van der Waals surface area (Å²) in [5.74, 6) is -0.276. The molecule has 2 atom stereocenters. The van der Waals surface area contributed by atoms with Gasteiger partial charge in [-0.25, -0.2) is 8.42 Å². The fourth-order valence-corrected chi connectivity index (χ4v) is 6.92. The molecule has 1 N–H and O–H groups in total. The summed E-state index contributed by atoms with van der Waals surface area (Å²) >= 11 is 0. The smallest absolute Gasteiger partial charge is 0.243 e. The van der Waals surface area contributed by atoms with Crippen LogP contribution in [0.1, 0.15) is 49.3 Å². The van der Waals surface area contributed by atoms with Crippen LogP contribution in [0, 0.1) is 25.7 Å². The average Bonchev–Trinajstić information content (AvgIpc) is 3.62. The highest BCUT2D eigenvalue weighted by atomic mass is 32.2. The molecular formula is C27H33N3O4S. The monoisotopic (exact) mass is 495 g/mol. The number of piperidine rings is 1. The first-order valence-corrected chi connectivity index (χ1v) is 13.9. The molecule has 7 nitrogen and oxygen atoms in total. The normalized spacial score (nSPS) is 22.7. The van der Waals surface area contributed by atoms with Gasteiger partial charge in [-0.3, -0.25) is 9.59 Å². The standard InChI is InChI=1S/C27H33N3O4S/c1-17-6-10-24(18(2)13-17)28-26(31)21-5-4-12-29(16-21)35(33,34)23-9-11-25-22(15-23)14-19(3)30(25)27(32)20-7-8-20/h6,9-11,13,15,19-21H,4-5,7-8,12,14,16H2,1-3H3,(H,28,31)/t19-,21+/m1/s1. The fourth-order valence-electron chi connectivity index (χ4n) is 5.34. The molecule has 0 unspecified atom stereocenters. The van der Waals surface area contributed by atoms with E-state index in [0.717, 1.165) is 40.9 Å². The van der Waals surface area contributed by atoms with Crippen molar-refractivity contribution in [3.63, 3.8) is 0 Å². The van der Waals surface area contributed by atoms with Crippen molar-refractivity contribution < 1.29 is 18.0 Å². The molecule has 35 heavy (non-hydrogen) atoms. The van der Waals surface area contributed by atoms with E-state index in [1.165, 1.54) is 4.31 Å². The van der Waals surface area contributed by atoms with Crippen LogP contribution in [0.15, 0.2) is 41.3 Å². The summed E-state index contributed by atoms with van der Waals surface area (Å²) in [6, 6.07) is 11.0. The van der Waals surface area contributed by atoms with Crippen LogP contribution < -0.4 is 10.2 Å². The van der Waals surface area contributed by atoms with Gasteiger partial charge in [-0.05, 0) is 88.3 Å². The van der Waals surface area contributed by atoms with Gasteiger partial charge in [0.15, 0.2) is 0 Å². The molecular weight excluding hydrogens is 462 g/mol. The molecule has 0 aromatic heterocycles. The number of hydrogen-bond donors (Lipinski definition) is 1. The van der Waals surface area contributed by atoms with E-state index in [1.807, 2.05) is 43.9 Å². The summed E-state index contributed by atoms with van der Waals surface area (Å²) in [4.78, 5) is 27.8. The first kappa shape index (κ1) is 24.0. The second-order valence-electron chi connectivity index (χ2n) is 10.3. The van der Waals surface area contributed by atoms with E-state index in [2.05, 4.69) is 5.32 Å². The van der Waals surface area contributed by atoms with Gasteiger partial charge < -0.3 is 10.2 Å². The molecule has 186 valence electrons. The summed E-state index contributed by atoms with van der Waals surface area (Å²) < 4.78 is 28.5. The molecule has 8 heteroatoms. The maximum Gasteiger partial charge on any atom is 0.243 e. The summed E-state index contributed by atoms with van der Waals surface area (Å²) in [6.07, 6.45) is 3.82. The quantitative estimate of drug-likeness (QED) is 0.679. The number of anilines is 2. The zero-order valence-corrected chi connectivity index (χ0v) is 21.4. The molecule has 2 amide bonds. The highest BCUT2D eigenvalue weighted by Crippen LogP contribution is 2.40. The molecule has 0 radical (unpaired) electrons. The first-order valence-electron chi connectivity index (χ1n) is 12.5. The van der Waals surface area contributed by atoms with E-state index in [-0.39, 0.29) is 35.2 Å². The fraction of sp³-hybridized carbons (Fsp3) is 0.481. The molecule has 2 fully saturated rings. The third-order valence-electron chi connectivity index (χ3n) is 7.46. The molecule has 2 heterocycles. The lowest BCUT2D eigenvalue weighted by molar-refractivity contribution is -0.121. The van der Waals surface area contributed by atoms with Gasteiger partial charge >= 0.3 is 0 Å². The summed E-state index contributed by atoms with van der Waals surface area (Å²) in [5.41, 5.74) is 4.60. The Kier molecular flexibility index (Phi) is 6.21. The minimum absolute atomic E-state index is 0.0318. The van der Waals surface area contributed by atoms with E-state index in [0.29, 0.717) is 25.8 Å². The number of carbonyl (C=O) groups is 2. The SMILES string of the molecule is Cc1ccc(NC(=O)[C@H]2CCCN(S(=O)(=O)c3ccc4c(c3)C[C@@H](C)N4C(=O)C3CC3)C2)c(C)c1. The lowest BCUT2D eigenvalue weighted by Gasteiger charge is -2.31. The van der Waals surface area contributed by atoms with E-state index < -0.39 is 15.9 Å². The topological polar surface area (TPSA) is 86.8 Å². The Bertz CT molecular complexity index is 1290. The molecule has 2 aromatic carbocycles. The summed E-state index contributed by atoms with van der Waals surface area (Å²) in [6.45, 7) is 6.53. The van der Waals surface area contributed by atoms with Gasteiger partial charge in [-0.2, -0.15) is 4.31 Å². The zero-order valence-electron chi connectivity index (χ0n) is 20.6. The first-order chi connectivity index (χ1) is 16.6. The lowest BCUT2D eigenvalue weighted by atomic mass is 9.98. The van der Waals surface area contributed by atoms with Gasteiger partial charge in [-0.1, -0.05) is 17.7 Å². The number of hydrogen-bond acceptors (Lipinski definition) is 4. The van der Waals surface area contributed by atoms with Crippen molar-refractivity contribution in [2.45, 2.75) is 63.8 Å². The Hall–Kier alpha value is -2.71. The maximum atomic E-state index is 13.5. The molecule has 2 aromatic rings. The number of carbonyl (C=O) groups excluding carboxylic acids is 2. The molecule has 0 spiro atoms. The van der Waals surface area contributed by atoms with E-state index in [1.54, 1.807) is 18.2 Å². The van der Waals surface area contributed by atoms with E-state index in [9.17, 15) is 18.0 Å². The third kappa shape index (κ3) is 4.61. The number of sulfonamides is 1. The molecule has 1 saturated heterocycles. The van der Waals surface area contributed by atoms with Gasteiger partial charge in [0, 0.05) is 36.4 Å². The van der Waals surface area contributed by atoms with Crippen molar-refractivity contribution >= 4 is 33.2 Å². The second kappa shape index (κ2) is 9.06. The molecule has 2 aliphatic heterocycles. The average molecular weight is 496 g/mol. The summed E-state index contributed by atoms with van der Waals surface area (Å²) in [5, 5.41) is 2.99. The Morgan fingerprint density at radius 2 is 1.77 bits per heavy atom. The Morgan fingerprint density at radius 3 is 2.49 bits per heavy atom. The lowest BCUT2D eigenvalue weighted by Crippen LogP contribution is -2.43. The van der Waals surface area contributed by atoms with Gasteiger partial charge in [-0.15, -0.1) is 0 Å². The minimum Gasteiger partial charge on any atom is -0.326 e. The molecule has 1 aliphatic carbocycles. The second-order valence-corrected chi connectivity index (χ2v) is 12.3. The Balaban J connectivity index is 1.32. The van der Waals surface area contributed by atoms with Crippen LogP contribution in [-0.2, 0) is 26.0 Å². The Labute approximate surface area is 207 Å². The van der Waals surface area contributed by atoms with Crippen molar-refractivity contribution in [2.24, 2.45) is 11.8 Å². The predicted molar refractivity (Wildman–Crippen MR) is 136 cm³/mol. The van der Waals surface area contributed by atoms with Crippen molar-refractivity contribution in [3.8, 4) is 0 Å². The van der Waals surface area contributed by atoms with Crippen molar-refractivity contribution in [1.29, 1.82) is 0 Å². The molecule has 1 saturated carbocycles. The zero-order chi connectivity index (χ0) is 24.9. The van der Waals surface area contributed by atoms with Crippen molar-refractivity contribution in [2.75, 3.05) is 23.3 Å². The van der Waals surface area contributed by atoms with Crippen LogP contribution in [0.5, 0.6) is 0 Å². The maximum absolute atomic E-state index is 13.5.